The Hall–Kier alpha value is -1.97. The maximum atomic E-state index is 4.89. The monoisotopic (exact) mass is 392 g/mol. The van der Waals surface area contributed by atoms with Crippen molar-refractivity contribution in [2.24, 2.45) is 0 Å². The molecule has 3 aromatic rings. The first-order valence-electron chi connectivity index (χ1n) is 10.2. The smallest absolute Gasteiger partial charge is 0.0976 e. The summed E-state index contributed by atoms with van der Waals surface area (Å²) in [6.45, 7) is 11.1. The van der Waals surface area contributed by atoms with Crippen LogP contribution in [0.25, 0.3) is 11.3 Å². The molecule has 28 heavy (non-hydrogen) atoms. The van der Waals surface area contributed by atoms with Crippen molar-refractivity contribution in [2.75, 3.05) is 20.1 Å². The van der Waals surface area contributed by atoms with E-state index in [1.807, 2.05) is 0 Å². The average Bonchev–Trinajstić information content (AvgIpc) is 3.14. The lowest BCUT2D eigenvalue weighted by Gasteiger charge is -2.15. The summed E-state index contributed by atoms with van der Waals surface area (Å²) in [5.74, 6) is 0. The predicted molar refractivity (Wildman–Crippen MR) is 123 cm³/mol. The average molecular weight is 393 g/mol. The van der Waals surface area contributed by atoms with Gasteiger partial charge in [-0.3, -0.25) is 0 Å². The molecule has 3 heteroatoms. The van der Waals surface area contributed by atoms with Crippen LogP contribution in [0.3, 0.4) is 0 Å². The third-order valence-electron chi connectivity index (χ3n) is 5.56. The van der Waals surface area contributed by atoms with E-state index in [1.54, 1.807) is 11.3 Å². The fourth-order valence-corrected chi connectivity index (χ4v) is 4.33. The zero-order valence-electron chi connectivity index (χ0n) is 17.9. The molecule has 0 bridgehead atoms. The van der Waals surface area contributed by atoms with Gasteiger partial charge in [-0.2, -0.15) is 0 Å². The molecule has 0 saturated carbocycles. The van der Waals surface area contributed by atoms with Crippen LogP contribution in [0.2, 0.25) is 0 Å². The van der Waals surface area contributed by atoms with Crippen LogP contribution in [0.1, 0.15) is 46.2 Å². The topological polar surface area (TPSA) is 16.1 Å². The van der Waals surface area contributed by atoms with Crippen molar-refractivity contribution in [3.05, 3.63) is 74.6 Å². The van der Waals surface area contributed by atoms with Crippen LogP contribution in [0.15, 0.2) is 41.8 Å². The Bertz CT molecular complexity index is 909. The molecule has 0 aliphatic carbocycles. The van der Waals surface area contributed by atoms with Crippen LogP contribution in [-0.2, 0) is 12.8 Å². The third kappa shape index (κ3) is 5.30. The number of aryl methyl sites for hydroxylation is 4. The normalized spacial score (nSPS) is 11.4. The second-order valence-corrected chi connectivity index (χ2v) is 8.82. The maximum Gasteiger partial charge on any atom is 0.0976 e. The highest BCUT2D eigenvalue weighted by molar-refractivity contribution is 7.10. The van der Waals surface area contributed by atoms with Crippen LogP contribution < -0.4 is 0 Å². The molecule has 0 unspecified atom stereocenters. The number of benzene rings is 2. The lowest BCUT2D eigenvalue weighted by atomic mass is 9.95. The Morgan fingerprint density at radius 3 is 2.36 bits per heavy atom. The number of nitrogens with zero attached hydrogens (tertiary/aromatic N) is 2. The molecule has 0 N–H and O–H groups in total. The first-order valence-corrected chi connectivity index (χ1v) is 11.1. The molecular formula is C25H32N2S. The quantitative estimate of drug-likeness (QED) is 0.453. The van der Waals surface area contributed by atoms with Crippen molar-refractivity contribution in [1.29, 1.82) is 0 Å². The molecule has 1 aromatic heterocycles. The third-order valence-corrected chi connectivity index (χ3v) is 6.41. The zero-order valence-corrected chi connectivity index (χ0v) is 18.7. The van der Waals surface area contributed by atoms with E-state index in [0.717, 1.165) is 31.6 Å². The van der Waals surface area contributed by atoms with E-state index in [4.69, 9.17) is 4.98 Å². The molecule has 2 aromatic carbocycles. The summed E-state index contributed by atoms with van der Waals surface area (Å²) < 4.78 is 0. The first kappa shape index (κ1) is 20.8. The highest BCUT2D eigenvalue weighted by Gasteiger charge is 2.10. The number of aromatic nitrogens is 1. The van der Waals surface area contributed by atoms with Gasteiger partial charge in [-0.1, -0.05) is 48.9 Å². The summed E-state index contributed by atoms with van der Waals surface area (Å²) in [6.07, 6.45) is 3.30. The minimum absolute atomic E-state index is 0.919. The molecule has 2 nitrogen and oxygen atoms in total. The van der Waals surface area contributed by atoms with Crippen LogP contribution in [0, 0.1) is 20.8 Å². The first-order chi connectivity index (χ1) is 13.5. The van der Waals surface area contributed by atoms with E-state index >= 15 is 0 Å². The minimum atomic E-state index is 0.919. The van der Waals surface area contributed by atoms with Crippen LogP contribution in [0.5, 0.6) is 0 Å². The van der Waals surface area contributed by atoms with Gasteiger partial charge in [0, 0.05) is 17.4 Å². The minimum Gasteiger partial charge on any atom is -0.307 e. The van der Waals surface area contributed by atoms with E-state index in [2.05, 4.69) is 81.4 Å². The summed E-state index contributed by atoms with van der Waals surface area (Å²) in [5, 5.41) is 3.37. The van der Waals surface area contributed by atoms with Crippen molar-refractivity contribution in [3.8, 4) is 11.3 Å². The molecule has 0 amide bonds. The van der Waals surface area contributed by atoms with Crippen molar-refractivity contribution in [1.82, 2.24) is 9.88 Å². The van der Waals surface area contributed by atoms with Crippen LogP contribution in [-0.4, -0.2) is 30.0 Å². The molecule has 148 valence electrons. The van der Waals surface area contributed by atoms with Gasteiger partial charge in [-0.05, 0) is 76.0 Å². The summed E-state index contributed by atoms with van der Waals surface area (Å²) in [5.41, 5.74) is 9.26. The Morgan fingerprint density at radius 1 is 0.964 bits per heavy atom. The zero-order chi connectivity index (χ0) is 20.1. The summed E-state index contributed by atoms with van der Waals surface area (Å²) in [4.78, 5) is 7.27. The summed E-state index contributed by atoms with van der Waals surface area (Å²) in [6, 6.07) is 13.4. The van der Waals surface area contributed by atoms with E-state index in [-0.39, 0.29) is 0 Å². The molecule has 0 aliphatic rings. The maximum absolute atomic E-state index is 4.89. The number of thiazole rings is 1. The Labute approximate surface area is 174 Å². The number of hydrogen-bond acceptors (Lipinski definition) is 3. The van der Waals surface area contributed by atoms with Gasteiger partial charge in [0.15, 0.2) is 0 Å². The van der Waals surface area contributed by atoms with Crippen molar-refractivity contribution in [3.63, 3.8) is 0 Å². The molecule has 0 fully saturated rings. The van der Waals surface area contributed by atoms with Crippen molar-refractivity contribution in [2.45, 2.75) is 47.0 Å². The summed E-state index contributed by atoms with van der Waals surface area (Å²) in [7, 11) is 2.19. The second-order valence-electron chi connectivity index (χ2n) is 7.87. The van der Waals surface area contributed by atoms with E-state index in [9.17, 15) is 0 Å². The van der Waals surface area contributed by atoms with Gasteiger partial charge >= 0.3 is 0 Å². The molecule has 0 saturated heterocycles. The number of hydrogen-bond donors (Lipinski definition) is 0. The van der Waals surface area contributed by atoms with Gasteiger partial charge < -0.3 is 4.90 Å². The van der Waals surface area contributed by atoms with Gasteiger partial charge in [0.2, 0.25) is 0 Å². The largest absolute Gasteiger partial charge is 0.307 e. The molecule has 0 aliphatic heterocycles. The van der Waals surface area contributed by atoms with Gasteiger partial charge in [0.1, 0.15) is 0 Å². The van der Waals surface area contributed by atoms with E-state index < -0.39 is 0 Å². The predicted octanol–water partition coefficient (Wildman–Crippen LogP) is 6.21. The fraction of sp³-hybridized carbons (Fsp3) is 0.400. The Balaban J connectivity index is 1.69. The van der Waals surface area contributed by atoms with Crippen LogP contribution in [0.4, 0.5) is 0 Å². The highest BCUT2D eigenvalue weighted by atomic mass is 32.1. The van der Waals surface area contributed by atoms with Crippen LogP contribution >= 0.6 is 11.3 Å². The highest BCUT2D eigenvalue weighted by Crippen LogP contribution is 2.26. The van der Waals surface area contributed by atoms with Crippen molar-refractivity contribution >= 4 is 11.3 Å². The molecule has 0 atom stereocenters. The molecule has 0 spiro atoms. The van der Waals surface area contributed by atoms with E-state index in [1.165, 1.54) is 44.8 Å². The fourth-order valence-electron chi connectivity index (χ4n) is 3.51. The molecule has 3 rings (SSSR count). The molecule has 0 radical (unpaired) electrons. The van der Waals surface area contributed by atoms with Gasteiger partial charge in [0.25, 0.3) is 0 Å². The van der Waals surface area contributed by atoms with Crippen molar-refractivity contribution < 1.29 is 0 Å². The van der Waals surface area contributed by atoms with Gasteiger partial charge in [0.05, 0.1) is 10.7 Å². The lowest BCUT2D eigenvalue weighted by Crippen LogP contribution is -2.19. The number of rotatable bonds is 8. The SMILES string of the molecule is CCN(C)CCCc1cc(C)c(Cc2nc(-c3ccc(C)cc3)cs2)cc1C. The second kappa shape index (κ2) is 9.49. The van der Waals surface area contributed by atoms with Gasteiger partial charge in [-0.15, -0.1) is 11.3 Å². The van der Waals surface area contributed by atoms with Gasteiger partial charge in [-0.25, -0.2) is 4.98 Å². The molecule has 1 heterocycles. The lowest BCUT2D eigenvalue weighted by molar-refractivity contribution is 0.347. The standard InChI is InChI=1S/C25H32N2S/c1-6-27(5)13-7-8-22-14-20(4)23(15-19(22)3)16-25-26-24(17-28-25)21-11-9-18(2)10-12-21/h9-12,14-15,17H,6-8,13,16H2,1-5H3. The van der Waals surface area contributed by atoms with E-state index in [0.29, 0.717) is 0 Å². The summed E-state index contributed by atoms with van der Waals surface area (Å²) >= 11 is 1.77. The Kier molecular flexibility index (Phi) is 7.03. The Morgan fingerprint density at radius 2 is 1.64 bits per heavy atom. The molecular weight excluding hydrogens is 360 g/mol.